The Bertz CT molecular complexity index is 882. The van der Waals surface area contributed by atoms with Gasteiger partial charge in [0.2, 0.25) is 0 Å². The second-order valence-corrected chi connectivity index (χ2v) is 6.24. The molecule has 2 aromatic rings. The molecular weight excluding hydrogens is 474 g/mol. The minimum Gasteiger partial charge on any atom is -0.355 e. The van der Waals surface area contributed by atoms with Crippen LogP contribution in [0.1, 0.15) is 31.8 Å². The van der Waals surface area contributed by atoms with Crippen LogP contribution in [-0.2, 0) is 6.54 Å². The molecule has 1 heterocycles. The maximum absolute atomic E-state index is 13.6. The number of nitrogens with zero attached hydrogens (tertiary/aromatic N) is 2. The number of aliphatic imine (C=N–C) groups is 1. The van der Waals surface area contributed by atoms with Gasteiger partial charge in [-0.05, 0) is 36.2 Å². The average molecular weight is 496 g/mol. The van der Waals surface area contributed by atoms with Gasteiger partial charge >= 0.3 is 0 Å². The predicted octanol–water partition coefficient (Wildman–Crippen LogP) is 2.71. The minimum absolute atomic E-state index is 0. The van der Waals surface area contributed by atoms with Crippen LogP contribution >= 0.6 is 24.0 Å². The highest BCUT2D eigenvalue weighted by Gasteiger charge is 2.34. The third-order valence-corrected chi connectivity index (χ3v) is 4.43. The van der Waals surface area contributed by atoms with Crippen LogP contribution in [0.4, 0.5) is 4.39 Å². The monoisotopic (exact) mass is 496 g/mol. The van der Waals surface area contributed by atoms with E-state index < -0.39 is 0 Å². The van der Waals surface area contributed by atoms with Crippen LogP contribution in [0.25, 0.3) is 0 Å². The van der Waals surface area contributed by atoms with Crippen molar-refractivity contribution in [2.45, 2.75) is 13.5 Å². The lowest BCUT2D eigenvalue weighted by atomic mass is 10.1. The number of amides is 2. The number of halogens is 2. The molecule has 1 aliphatic rings. The van der Waals surface area contributed by atoms with E-state index in [-0.39, 0.29) is 48.2 Å². The van der Waals surface area contributed by atoms with Crippen LogP contribution in [0.5, 0.6) is 0 Å². The summed E-state index contributed by atoms with van der Waals surface area (Å²) in [7, 11) is 1.62. The zero-order chi connectivity index (χ0) is 19.4. The topological polar surface area (TPSA) is 73.8 Å². The largest absolute Gasteiger partial charge is 0.355 e. The Balaban J connectivity index is 0.00000280. The number of rotatable bonds is 5. The highest BCUT2D eigenvalue weighted by atomic mass is 127. The maximum atomic E-state index is 13.6. The molecule has 0 atom stereocenters. The summed E-state index contributed by atoms with van der Waals surface area (Å²) in [6.45, 7) is 2.70. The summed E-state index contributed by atoms with van der Waals surface area (Å²) in [6, 6.07) is 11.8. The normalized spacial score (nSPS) is 13.2. The van der Waals surface area contributed by atoms with Gasteiger partial charge < -0.3 is 10.6 Å². The zero-order valence-corrected chi connectivity index (χ0v) is 18.0. The van der Waals surface area contributed by atoms with Crippen LogP contribution < -0.4 is 10.6 Å². The Morgan fingerprint density at radius 2 is 1.71 bits per heavy atom. The fourth-order valence-corrected chi connectivity index (χ4v) is 2.88. The van der Waals surface area contributed by atoms with Gasteiger partial charge in [0.15, 0.2) is 5.96 Å². The molecule has 28 heavy (non-hydrogen) atoms. The number of hydrogen-bond donors (Lipinski definition) is 2. The van der Waals surface area contributed by atoms with E-state index in [1.165, 1.54) is 11.0 Å². The Labute approximate surface area is 180 Å². The first kappa shape index (κ1) is 21.8. The Morgan fingerprint density at radius 3 is 2.29 bits per heavy atom. The molecule has 0 unspecified atom stereocenters. The van der Waals surface area contributed by atoms with Crippen LogP contribution in [0, 0.1) is 12.7 Å². The number of nitrogens with one attached hydrogen (secondary N) is 2. The predicted molar refractivity (Wildman–Crippen MR) is 117 cm³/mol. The summed E-state index contributed by atoms with van der Waals surface area (Å²) in [4.78, 5) is 30.0. The van der Waals surface area contributed by atoms with Crippen molar-refractivity contribution in [3.05, 3.63) is 70.5 Å². The molecule has 3 rings (SSSR count). The lowest BCUT2D eigenvalue weighted by Gasteiger charge is -2.16. The third-order valence-electron chi connectivity index (χ3n) is 4.43. The van der Waals surface area contributed by atoms with Crippen LogP contribution in [0.15, 0.2) is 47.5 Å². The molecule has 0 spiro atoms. The number of aryl methyl sites for hydroxylation is 1. The van der Waals surface area contributed by atoms with Gasteiger partial charge in [0.25, 0.3) is 11.8 Å². The van der Waals surface area contributed by atoms with Crippen molar-refractivity contribution in [1.29, 1.82) is 0 Å². The molecule has 2 amide bonds. The van der Waals surface area contributed by atoms with Crippen molar-refractivity contribution in [1.82, 2.24) is 15.5 Å². The number of imide groups is 1. The average Bonchev–Trinajstić information content (AvgIpc) is 2.92. The summed E-state index contributed by atoms with van der Waals surface area (Å²) < 4.78 is 13.6. The number of carbonyl (C=O) groups is 2. The van der Waals surface area contributed by atoms with E-state index in [9.17, 15) is 14.0 Å². The Hall–Kier alpha value is -2.49. The van der Waals surface area contributed by atoms with E-state index in [2.05, 4.69) is 15.6 Å². The van der Waals surface area contributed by atoms with Crippen molar-refractivity contribution in [2.75, 3.05) is 20.1 Å². The van der Waals surface area contributed by atoms with E-state index in [1.54, 1.807) is 44.3 Å². The highest BCUT2D eigenvalue weighted by Crippen LogP contribution is 2.21. The minimum atomic E-state index is -0.282. The SMILES string of the molecule is CN=C(NCCN1C(=O)c2ccccc2C1=O)NCc1ccc(C)c(F)c1.I. The Kier molecular flexibility index (Phi) is 7.50. The van der Waals surface area contributed by atoms with E-state index in [0.717, 1.165) is 5.56 Å². The molecule has 148 valence electrons. The molecule has 0 saturated heterocycles. The summed E-state index contributed by atoms with van der Waals surface area (Å²) in [5.74, 6) is -0.304. The van der Waals surface area contributed by atoms with Gasteiger partial charge in [-0.2, -0.15) is 0 Å². The van der Waals surface area contributed by atoms with E-state index >= 15 is 0 Å². The van der Waals surface area contributed by atoms with E-state index in [0.29, 0.717) is 35.7 Å². The van der Waals surface area contributed by atoms with Crippen molar-refractivity contribution < 1.29 is 14.0 Å². The van der Waals surface area contributed by atoms with Gasteiger partial charge in [0, 0.05) is 26.7 Å². The second-order valence-electron chi connectivity index (χ2n) is 6.24. The van der Waals surface area contributed by atoms with Gasteiger partial charge in [0.1, 0.15) is 5.82 Å². The first-order valence-electron chi connectivity index (χ1n) is 8.66. The number of fused-ring (bicyclic) bond motifs is 1. The molecule has 0 fully saturated rings. The molecule has 1 aliphatic heterocycles. The van der Waals surface area contributed by atoms with Crippen molar-refractivity contribution in [3.63, 3.8) is 0 Å². The summed E-state index contributed by atoms with van der Waals surface area (Å²) in [5.41, 5.74) is 2.27. The Morgan fingerprint density at radius 1 is 1.07 bits per heavy atom. The fourth-order valence-electron chi connectivity index (χ4n) is 2.88. The quantitative estimate of drug-likeness (QED) is 0.289. The zero-order valence-electron chi connectivity index (χ0n) is 15.7. The maximum Gasteiger partial charge on any atom is 0.261 e. The van der Waals surface area contributed by atoms with Gasteiger partial charge in [-0.1, -0.05) is 24.3 Å². The number of hydrogen-bond acceptors (Lipinski definition) is 3. The molecule has 6 nitrogen and oxygen atoms in total. The highest BCUT2D eigenvalue weighted by molar-refractivity contribution is 14.0. The molecule has 0 bridgehead atoms. The standard InChI is InChI=1S/C20H21FN4O2.HI/c1-13-7-8-14(11-17(13)21)12-24-20(22-2)23-9-10-25-18(26)15-5-3-4-6-16(15)19(25)27;/h3-8,11H,9-10,12H2,1-2H3,(H2,22,23,24);1H. The van der Waals surface area contributed by atoms with Crippen LogP contribution in [0.3, 0.4) is 0 Å². The van der Waals surface area contributed by atoms with Crippen molar-refractivity contribution in [2.24, 2.45) is 4.99 Å². The molecule has 0 saturated carbocycles. The van der Waals surface area contributed by atoms with Crippen LogP contribution in [0.2, 0.25) is 0 Å². The van der Waals surface area contributed by atoms with E-state index in [4.69, 9.17) is 0 Å². The van der Waals surface area contributed by atoms with Gasteiger partial charge in [-0.25, -0.2) is 4.39 Å². The fraction of sp³-hybridized carbons (Fsp3) is 0.250. The number of carbonyl (C=O) groups excluding carboxylic acids is 2. The molecule has 0 aliphatic carbocycles. The molecule has 0 radical (unpaired) electrons. The molecule has 2 N–H and O–H groups in total. The van der Waals surface area contributed by atoms with Gasteiger partial charge in [-0.15, -0.1) is 24.0 Å². The van der Waals surface area contributed by atoms with Gasteiger partial charge in [-0.3, -0.25) is 19.5 Å². The third kappa shape index (κ3) is 4.67. The summed E-state index contributed by atoms with van der Waals surface area (Å²) in [5, 5.41) is 6.14. The molecule has 0 aromatic heterocycles. The molecular formula is C20H22FIN4O2. The molecule has 2 aromatic carbocycles. The van der Waals surface area contributed by atoms with Gasteiger partial charge in [0.05, 0.1) is 11.1 Å². The first-order chi connectivity index (χ1) is 13.0. The lowest BCUT2D eigenvalue weighted by Crippen LogP contribution is -2.42. The molecule has 8 heteroatoms. The summed E-state index contributed by atoms with van der Waals surface area (Å²) in [6.07, 6.45) is 0. The van der Waals surface area contributed by atoms with Crippen LogP contribution in [-0.4, -0.2) is 42.8 Å². The van der Waals surface area contributed by atoms with E-state index in [1.807, 2.05) is 6.07 Å². The smallest absolute Gasteiger partial charge is 0.261 e. The lowest BCUT2D eigenvalue weighted by molar-refractivity contribution is 0.0657. The number of benzene rings is 2. The first-order valence-corrected chi connectivity index (χ1v) is 8.66. The second kappa shape index (κ2) is 9.63. The summed E-state index contributed by atoms with van der Waals surface area (Å²) >= 11 is 0. The number of guanidine groups is 1. The van der Waals surface area contributed by atoms with Crippen molar-refractivity contribution in [3.8, 4) is 0 Å². The van der Waals surface area contributed by atoms with Crippen molar-refractivity contribution >= 4 is 41.8 Å².